The number of carbonyl (C=O) groups excluding carboxylic acids is 1. The highest BCUT2D eigenvalue weighted by Crippen LogP contribution is 2.35. The molecule has 5 nitrogen and oxygen atoms in total. The van der Waals surface area contributed by atoms with Gasteiger partial charge >= 0.3 is 0 Å². The highest BCUT2D eigenvalue weighted by atomic mass is 79.9. The molecule has 0 aliphatic carbocycles. The van der Waals surface area contributed by atoms with E-state index in [2.05, 4.69) is 73.9 Å². The fraction of sp³-hybridized carbons (Fsp3) is 0.348. The summed E-state index contributed by atoms with van der Waals surface area (Å²) in [6, 6.07) is 7.85. The fourth-order valence-corrected chi connectivity index (χ4v) is 5.94. The molecular formula is C23H26Br4N2O3. The molecule has 1 amide bonds. The smallest absolute Gasteiger partial charge is 0.244 e. The molecule has 0 saturated carbocycles. The van der Waals surface area contributed by atoms with Crippen molar-refractivity contribution in [3.8, 4) is 11.5 Å². The number of hydrogen-bond acceptors (Lipinski definition) is 4. The zero-order valence-electron chi connectivity index (χ0n) is 18.2. The van der Waals surface area contributed by atoms with Crippen molar-refractivity contribution < 1.29 is 14.3 Å². The minimum atomic E-state index is -0.146. The Balaban J connectivity index is 1.86. The Morgan fingerprint density at radius 3 is 2.16 bits per heavy atom. The Kier molecular flexibility index (Phi) is 11.8. The molecule has 0 unspecified atom stereocenters. The van der Waals surface area contributed by atoms with Crippen LogP contribution in [0.15, 0.2) is 48.2 Å². The zero-order chi connectivity index (χ0) is 23.7. The van der Waals surface area contributed by atoms with Crippen LogP contribution < -0.4 is 14.8 Å². The van der Waals surface area contributed by atoms with Gasteiger partial charge in [-0.2, -0.15) is 0 Å². The lowest BCUT2D eigenvalue weighted by Gasteiger charge is -2.14. The molecule has 0 aliphatic heterocycles. The molecule has 0 radical (unpaired) electrons. The van der Waals surface area contributed by atoms with E-state index in [1.807, 2.05) is 38.4 Å². The normalized spacial score (nSPS) is 11.2. The fourth-order valence-electron chi connectivity index (χ4n) is 2.88. The van der Waals surface area contributed by atoms with Crippen LogP contribution in [0.4, 0.5) is 0 Å². The van der Waals surface area contributed by atoms with Gasteiger partial charge in [-0.3, -0.25) is 4.79 Å². The van der Waals surface area contributed by atoms with Gasteiger partial charge in [0.2, 0.25) is 5.91 Å². The molecule has 2 aromatic rings. The molecule has 0 heterocycles. The topological polar surface area (TPSA) is 50.8 Å². The van der Waals surface area contributed by atoms with Gasteiger partial charge in [-0.1, -0.05) is 0 Å². The average molecular weight is 698 g/mol. The first kappa shape index (κ1) is 27.4. The van der Waals surface area contributed by atoms with E-state index in [0.29, 0.717) is 25.3 Å². The highest BCUT2D eigenvalue weighted by molar-refractivity contribution is 9.11. The van der Waals surface area contributed by atoms with E-state index in [1.165, 1.54) is 6.08 Å². The van der Waals surface area contributed by atoms with Crippen LogP contribution in [0.1, 0.15) is 17.5 Å². The molecule has 32 heavy (non-hydrogen) atoms. The molecule has 0 fully saturated rings. The van der Waals surface area contributed by atoms with Crippen LogP contribution in [-0.2, 0) is 11.2 Å². The first-order valence-electron chi connectivity index (χ1n) is 9.95. The highest BCUT2D eigenvalue weighted by Gasteiger charge is 2.10. The van der Waals surface area contributed by atoms with Crippen molar-refractivity contribution in [2.45, 2.75) is 12.8 Å². The second-order valence-electron chi connectivity index (χ2n) is 7.29. The van der Waals surface area contributed by atoms with E-state index >= 15 is 0 Å². The third kappa shape index (κ3) is 8.82. The number of benzene rings is 2. The van der Waals surface area contributed by atoms with Crippen molar-refractivity contribution in [1.82, 2.24) is 10.2 Å². The van der Waals surface area contributed by atoms with E-state index < -0.39 is 0 Å². The first-order chi connectivity index (χ1) is 15.2. The van der Waals surface area contributed by atoms with Gasteiger partial charge in [0.1, 0.15) is 11.5 Å². The van der Waals surface area contributed by atoms with Crippen molar-refractivity contribution in [2.75, 3.05) is 40.9 Å². The van der Waals surface area contributed by atoms with Crippen LogP contribution in [0.5, 0.6) is 11.5 Å². The molecule has 0 atom stereocenters. The van der Waals surface area contributed by atoms with Gasteiger partial charge in [0, 0.05) is 19.2 Å². The quantitative estimate of drug-likeness (QED) is 0.217. The van der Waals surface area contributed by atoms with E-state index in [9.17, 15) is 4.79 Å². The summed E-state index contributed by atoms with van der Waals surface area (Å²) in [4.78, 5) is 14.3. The molecule has 9 heteroatoms. The Bertz CT molecular complexity index is 918. The van der Waals surface area contributed by atoms with E-state index in [-0.39, 0.29) is 5.91 Å². The number of halogens is 4. The summed E-state index contributed by atoms with van der Waals surface area (Å²) in [6.45, 7) is 2.16. The van der Waals surface area contributed by atoms with E-state index in [1.54, 1.807) is 13.2 Å². The maximum absolute atomic E-state index is 12.2. The first-order valence-corrected chi connectivity index (χ1v) is 13.1. The third-order valence-corrected chi connectivity index (χ3v) is 6.78. The van der Waals surface area contributed by atoms with Crippen LogP contribution >= 0.6 is 63.7 Å². The average Bonchev–Trinajstić information content (AvgIpc) is 2.71. The number of ether oxygens (including phenoxy) is 2. The summed E-state index contributed by atoms with van der Waals surface area (Å²) in [7, 11) is 5.71. The second kappa shape index (κ2) is 13.7. The van der Waals surface area contributed by atoms with Crippen molar-refractivity contribution in [3.05, 3.63) is 59.4 Å². The summed E-state index contributed by atoms with van der Waals surface area (Å²) in [5, 5.41) is 2.92. The molecule has 2 rings (SSSR count). The predicted molar refractivity (Wildman–Crippen MR) is 145 cm³/mol. The molecule has 0 spiro atoms. The number of hydrogen-bond donors (Lipinski definition) is 1. The lowest BCUT2D eigenvalue weighted by atomic mass is 10.1. The second-order valence-corrected chi connectivity index (χ2v) is 10.7. The van der Waals surface area contributed by atoms with Crippen molar-refractivity contribution in [2.24, 2.45) is 0 Å². The summed E-state index contributed by atoms with van der Waals surface area (Å²) < 4.78 is 14.6. The molecular weight excluding hydrogens is 672 g/mol. The molecule has 0 bridgehead atoms. The largest absolute Gasteiger partial charge is 0.494 e. The van der Waals surface area contributed by atoms with Gasteiger partial charge in [-0.05, 0) is 132 Å². The van der Waals surface area contributed by atoms with Gasteiger partial charge in [0.05, 0.1) is 31.6 Å². The van der Waals surface area contributed by atoms with Crippen LogP contribution in [0, 0.1) is 0 Å². The lowest BCUT2D eigenvalue weighted by Crippen LogP contribution is -2.23. The van der Waals surface area contributed by atoms with Gasteiger partial charge in [0.15, 0.2) is 0 Å². The zero-order valence-corrected chi connectivity index (χ0v) is 24.5. The number of carbonyl (C=O) groups is 1. The Morgan fingerprint density at radius 2 is 1.59 bits per heavy atom. The van der Waals surface area contributed by atoms with Crippen LogP contribution in [0.2, 0.25) is 0 Å². The van der Waals surface area contributed by atoms with Gasteiger partial charge in [-0.25, -0.2) is 0 Å². The summed E-state index contributed by atoms with van der Waals surface area (Å²) in [5.74, 6) is 1.37. The van der Waals surface area contributed by atoms with E-state index in [0.717, 1.165) is 47.7 Å². The van der Waals surface area contributed by atoms with Crippen LogP contribution in [-0.4, -0.2) is 51.7 Å². The lowest BCUT2D eigenvalue weighted by molar-refractivity contribution is -0.116. The third-order valence-electron chi connectivity index (χ3n) is 4.42. The number of rotatable bonds is 11. The molecule has 1 N–H and O–H groups in total. The van der Waals surface area contributed by atoms with E-state index in [4.69, 9.17) is 9.47 Å². The minimum absolute atomic E-state index is 0.146. The van der Waals surface area contributed by atoms with Crippen LogP contribution in [0.3, 0.4) is 0 Å². The number of amides is 1. The monoisotopic (exact) mass is 694 g/mol. The number of methoxy groups -OCH3 is 1. The minimum Gasteiger partial charge on any atom is -0.494 e. The Labute approximate surface area is 223 Å². The Morgan fingerprint density at radius 1 is 1.00 bits per heavy atom. The molecule has 0 saturated heterocycles. The molecule has 0 aromatic heterocycles. The van der Waals surface area contributed by atoms with Crippen molar-refractivity contribution >= 4 is 75.7 Å². The van der Waals surface area contributed by atoms with Crippen molar-refractivity contribution in [1.29, 1.82) is 0 Å². The summed E-state index contributed by atoms with van der Waals surface area (Å²) in [6.07, 6.45) is 4.95. The van der Waals surface area contributed by atoms with Gasteiger partial charge in [0.25, 0.3) is 0 Å². The predicted octanol–water partition coefficient (Wildman–Crippen LogP) is 6.45. The maximum Gasteiger partial charge on any atom is 0.244 e. The van der Waals surface area contributed by atoms with Crippen LogP contribution in [0.25, 0.3) is 6.08 Å². The maximum atomic E-state index is 12.2. The van der Waals surface area contributed by atoms with Crippen molar-refractivity contribution in [3.63, 3.8) is 0 Å². The summed E-state index contributed by atoms with van der Waals surface area (Å²) in [5.41, 5.74) is 1.98. The van der Waals surface area contributed by atoms with Gasteiger partial charge in [-0.15, -0.1) is 0 Å². The van der Waals surface area contributed by atoms with Gasteiger partial charge < -0.3 is 19.7 Å². The molecule has 2 aromatic carbocycles. The SMILES string of the molecule is COc1c(Br)cc(/C=C/C(=O)NCCc2cc(Br)c(OCCCN(C)C)c(Br)c2)cc1Br. The number of nitrogens with zero attached hydrogens (tertiary/aromatic N) is 1. The molecule has 0 aliphatic rings. The Hall–Kier alpha value is -0.870. The summed E-state index contributed by atoms with van der Waals surface area (Å²) >= 11 is 14.1. The number of nitrogens with one attached hydrogen (secondary N) is 1. The standard InChI is InChI=1S/C23H26Br4N2O3/c1-29(2)9-4-10-32-23-19(26)13-16(14-20(23)27)7-8-28-21(30)6-5-15-11-17(24)22(31-3)18(25)12-15/h5-6,11-14H,4,7-10H2,1-3H3,(H,28,30)/b6-5+. The molecule has 174 valence electrons.